The standard InChI is InChI=1S/C9H13NO/c1-8(4-5-10)7-9-3-2-6-11-9/h2-3,6-7H,4-5,10H2,1H3/b8-7+. The lowest BCUT2D eigenvalue weighted by atomic mass is 10.2. The summed E-state index contributed by atoms with van der Waals surface area (Å²) < 4.78 is 5.13. The summed E-state index contributed by atoms with van der Waals surface area (Å²) in [6, 6.07) is 3.81. The molecule has 2 N–H and O–H groups in total. The molecular weight excluding hydrogens is 138 g/mol. The molecule has 0 atom stereocenters. The van der Waals surface area contributed by atoms with E-state index in [-0.39, 0.29) is 0 Å². The van der Waals surface area contributed by atoms with Crippen molar-refractivity contribution in [2.45, 2.75) is 13.3 Å². The van der Waals surface area contributed by atoms with Gasteiger partial charge in [-0.1, -0.05) is 5.57 Å². The molecule has 0 spiro atoms. The highest BCUT2D eigenvalue weighted by Crippen LogP contribution is 2.08. The van der Waals surface area contributed by atoms with E-state index < -0.39 is 0 Å². The van der Waals surface area contributed by atoms with Crippen LogP contribution in [0.2, 0.25) is 0 Å². The molecule has 11 heavy (non-hydrogen) atoms. The quantitative estimate of drug-likeness (QED) is 0.717. The third-order valence-corrected chi connectivity index (χ3v) is 1.47. The van der Waals surface area contributed by atoms with E-state index in [9.17, 15) is 0 Å². The van der Waals surface area contributed by atoms with E-state index in [4.69, 9.17) is 10.2 Å². The Morgan fingerprint density at radius 1 is 1.73 bits per heavy atom. The summed E-state index contributed by atoms with van der Waals surface area (Å²) in [4.78, 5) is 0. The SMILES string of the molecule is C/C(=C\c1ccco1)CCN. The zero-order valence-electron chi connectivity index (χ0n) is 6.71. The van der Waals surface area contributed by atoms with Crippen molar-refractivity contribution in [3.63, 3.8) is 0 Å². The van der Waals surface area contributed by atoms with Gasteiger partial charge < -0.3 is 10.2 Å². The Morgan fingerprint density at radius 3 is 3.09 bits per heavy atom. The normalized spacial score (nSPS) is 12.0. The maximum absolute atomic E-state index is 5.39. The molecule has 0 saturated carbocycles. The fourth-order valence-corrected chi connectivity index (χ4v) is 0.916. The zero-order chi connectivity index (χ0) is 8.10. The predicted molar refractivity (Wildman–Crippen MR) is 46.0 cm³/mol. The van der Waals surface area contributed by atoms with Crippen molar-refractivity contribution in [3.8, 4) is 0 Å². The third kappa shape index (κ3) is 2.60. The van der Waals surface area contributed by atoms with Gasteiger partial charge in [0, 0.05) is 0 Å². The van der Waals surface area contributed by atoms with Crippen LogP contribution in [-0.4, -0.2) is 6.54 Å². The number of hydrogen-bond acceptors (Lipinski definition) is 2. The Kier molecular flexibility index (Phi) is 2.93. The Bertz CT molecular complexity index is 224. The molecule has 0 unspecified atom stereocenters. The van der Waals surface area contributed by atoms with Gasteiger partial charge in [0.15, 0.2) is 0 Å². The molecule has 1 aromatic rings. The van der Waals surface area contributed by atoms with E-state index in [1.54, 1.807) is 6.26 Å². The Labute approximate surface area is 66.7 Å². The molecule has 0 radical (unpaired) electrons. The Morgan fingerprint density at radius 2 is 2.55 bits per heavy atom. The second-order valence-electron chi connectivity index (χ2n) is 2.54. The first-order valence-electron chi connectivity index (χ1n) is 3.73. The van der Waals surface area contributed by atoms with Gasteiger partial charge in [0.05, 0.1) is 6.26 Å². The van der Waals surface area contributed by atoms with Crippen molar-refractivity contribution in [1.29, 1.82) is 0 Å². The summed E-state index contributed by atoms with van der Waals surface area (Å²) in [7, 11) is 0. The molecule has 1 heterocycles. The van der Waals surface area contributed by atoms with Gasteiger partial charge >= 0.3 is 0 Å². The molecule has 0 bridgehead atoms. The van der Waals surface area contributed by atoms with Crippen LogP contribution in [0.25, 0.3) is 6.08 Å². The van der Waals surface area contributed by atoms with Crippen molar-refractivity contribution in [2.24, 2.45) is 5.73 Å². The van der Waals surface area contributed by atoms with Crippen LogP contribution < -0.4 is 5.73 Å². The minimum atomic E-state index is 0.697. The summed E-state index contributed by atoms with van der Waals surface area (Å²) >= 11 is 0. The molecule has 0 saturated heterocycles. The average Bonchev–Trinajstić information content (AvgIpc) is 2.40. The topological polar surface area (TPSA) is 39.2 Å². The minimum absolute atomic E-state index is 0.697. The third-order valence-electron chi connectivity index (χ3n) is 1.47. The first kappa shape index (κ1) is 8.08. The maximum atomic E-state index is 5.39. The van der Waals surface area contributed by atoms with Crippen LogP contribution >= 0.6 is 0 Å². The van der Waals surface area contributed by atoms with Crippen LogP contribution in [-0.2, 0) is 0 Å². The molecule has 0 amide bonds. The first-order chi connectivity index (χ1) is 5.33. The highest BCUT2D eigenvalue weighted by Gasteiger charge is 1.91. The first-order valence-corrected chi connectivity index (χ1v) is 3.73. The number of hydrogen-bond donors (Lipinski definition) is 1. The van der Waals surface area contributed by atoms with Crippen molar-refractivity contribution in [1.82, 2.24) is 0 Å². The Balaban J connectivity index is 2.58. The lowest BCUT2D eigenvalue weighted by molar-refractivity contribution is 0.556. The second-order valence-corrected chi connectivity index (χ2v) is 2.54. The van der Waals surface area contributed by atoms with Crippen LogP contribution in [0.1, 0.15) is 19.1 Å². The molecule has 2 heteroatoms. The fourth-order valence-electron chi connectivity index (χ4n) is 0.916. The summed E-state index contributed by atoms with van der Waals surface area (Å²) in [5.41, 5.74) is 6.64. The Hall–Kier alpha value is -1.02. The highest BCUT2D eigenvalue weighted by atomic mass is 16.3. The molecule has 2 nitrogen and oxygen atoms in total. The summed E-state index contributed by atoms with van der Waals surface area (Å²) in [5.74, 6) is 0.899. The van der Waals surface area contributed by atoms with Gasteiger partial charge in [-0.2, -0.15) is 0 Å². The maximum Gasteiger partial charge on any atom is 0.126 e. The minimum Gasteiger partial charge on any atom is -0.465 e. The number of nitrogens with two attached hydrogens (primary N) is 1. The average molecular weight is 151 g/mol. The molecule has 0 aliphatic rings. The molecule has 60 valence electrons. The van der Waals surface area contributed by atoms with Gasteiger partial charge in [0.1, 0.15) is 5.76 Å². The second kappa shape index (κ2) is 3.98. The highest BCUT2D eigenvalue weighted by molar-refractivity contribution is 5.46. The van der Waals surface area contributed by atoms with E-state index >= 15 is 0 Å². The number of rotatable bonds is 3. The molecule has 0 fully saturated rings. The summed E-state index contributed by atoms with van der Waals surface area (Å²) in [6.45, 7) is 2.75. The lowest BCUT2D eigenvalue weighted by Gasteiger charge is -1.94. The van der Waals surface area contributed by atoms with Crippen LogP contribution in [0.5, 0.6) is 0 Å². The van der Waals surface area contributed by atoms with Crippen molar-refractivity contribution < 1.29 is 4.42 Å². The lowest BCUT2D eigenvalue weighted by Crippen LogP contribution is -1.98. The van der Waals surface area contributed by atoms with Crippen LogP contribution in [0, 0.1) is 0 Å². The van der Waals surface area contributed by atoms with E-state index in [0.717, 1.165) is 12.2 Å². The van der Waals surface area contributed by atoms with Crippen LogP contribution in [0.3, 0.4) is 0 Å². The van der Waals surface area contributed by atoms with Crippen LogP contribution in [0.15, 0.2) is 28.4 Å². The summed E-state index contributed by atoms with van der Waals surface area (Å²) in [6.07, 6.45) is 4.61. The van der Waals surface area contributed by atoms with Gasteiger partial charge in [0.2, 0.25) is 0 Å². The van der Waals surface area contributed by atoms with Gasteiger partial charge in [-0.25, -0.2) is 0 Å². The van der Waals surface area contributed by atoms with Gasteiger partial charge in [0.25, 0.3) is 0 Å². The molecule has 0 aliphatic heterocycles. The molecule has 1 rings (SSSR count). The smallest absolute Gasteiger partial charge is 0.126 e. The van der Waals surface area contributed by atoms with E-state index in [2.05, 4.69) is 6.92 Å². The summed E-state index contributed by atoms with van der Waals surface area (Å²) in [5, 5.41) is 0. The van der Waals surface area contributed by atoms with Crippen LogP contribution in [0.4, 0.5) is 0 Å². The van der Waals surface area contributed by atoms with Gasteiger partial charge in [-0.15, -0.1) is 0 Å². The van der Waals surface area contributed by atoms with Crippen molar-refractivity contribution >= 4 is 6.08 Å². The van der Waals surface area contributed by atoms with E-state index in [1.807, 2.05) is 18.2 Å². The molecule has 0 aromatic carbocycles. The number of furan rings is 1. The van der Waals surface area contributed by atoms with Crippen molar-refractivity contribution in [2.75, 3.05) is 6.54 Å². The predicted octanol–water partition coefficient (Wildman–Crippen LogP) is 2.03. The van der Waals surface area contributed by atoms with E-state index in [1.165, 1.54) is 5.57 Å². The molecule has 1 aromatic heterocycles. The van der Waals surface area contributed by atoms with Gasteiger partial charge in [-0.05, 0) is 38.1 Å². The monoisotopic (exact) mass is 151 g/mol. The van der Waals surface area contributed by atoms with E-state index in [0.29, 0.717) is 6.54 Å². The molecule has 0 aliphatic carbocycles. The van der Waals surface area contributed by atoms with Gasteiger partial charge in [-0.3, -0.25) is 0 Å². The molecular formula is C9H13NO. The van der Waals surface area contributed by atoms with Crippen molar-refractivity contribution in [3.05, 3.63) is 29.7 Å². The zero-order valence-corrected chi connectivity index (χ0v) is 6.71. The largest absolute Gasteiger partial charge is 0.465 e. The fraction of sp³-hybridized carbons (Fsp3) is 0.333.